The van der Waals surface area contributed by atoms with E-state index in [9.17, 15) is 14.9 Å². The molecule has 0 amide bonds. The van der Waals surface area contributed by atoms with Gasteiger partial charge >= 0.3 is 5.97 Å². The van der Waals surface area contributed by atoms with E-state index in [0.29, 0.717) is 12.1 Å². The molecule has 0 aromatic heterocycles. The lowest BCUT2D eigenvalue weighted by Gasteiger charge is -2.21. The number of benzene rings is 1. The Kier molecular flexibility index (Phi) is 3.63. The predicted octanol–water partition coefficient (Wildman–Crippen LogP) is 2.51. The van der Waals surface area contributed by atoms with Gasteiger partial charge in [0.2, 0.25) is 0 Å². The fraction of sp³-hybridized carbons (Fsp3) is 0.533. The number of nitrogens with zero attached hydrogens (tertiary/aromatic N) is 2. The quantitative estimate of drug-likeness (QED) is 0.484. The van der Waals surface area contributed by atoms with Crippen molar-refractivity contribution in [1.82, 2.24) is 4.90 Å². The molecule has 112 valence electrons. The minimum absolute atomic E-state index is 0.0338. The highest BCUT2D eigenvalue weighted by atomic mass is 16.6. The summed E-state index contributed by atoms with van der Waals surface area (Å²) in [6.45, 7) is 0.747. The van der Waals surface area contributed by atoms with Crippen molar-refractivity contribution >= 4 is 11.7 Å². The number of rotatable bonds is 4. The molecule has 3 rings (SSSR count). The van der Waals surface area contributed by atoms with Crippen LogP contribution in [0.25, 0.3) is 0 Å². The van der Waals surface area contributed by atoms with Crippen molar-refractivity contribution in [2.24, 2.45) is 0 Å². The Morgan fingerprint density at radius 2 is 1.95 bits per heavy atom. The standard InChI is InChI=1S/C15H18N2O4/c1-21-15(18)13-8-10(2-7-14(13)17(19)20)9-16-11-3-4-12(16)6-5-11/h2,7-8,11-12H,3-6,9H2,1H3. The number of hydrogen-bond donors (Lipinski definition) is 0. The number of nitro benzene ring substituents is 1. The summed E-state index contributed by atoms with van der Waals surface area (Å²) in [4.78, 5) is 24.6. The van der Waals surface area contributed by atoms with Crippen LogP contribution in [0, 0.1) is 10.1 Å². The van der Waals surface area contributed by atoms with Gasteiger partial charge in [0, 0.05) is 24.7 Å². The van der Waals surface area contributed by atoms with E-state index in [1.165, 1.54) is 38.9 Å². The predicted molar refractivity (Wildman–Crippen MR) is 76.0 cm³/mol. The number of methoxy groups -OCH3 is 1. The first-order chi connectivity index (χ1) is 10.1. The van der Waals surface area contributed by atoms with E-state index in [1.807, 2.05) is 0 Å². The number of nitro groups is 1. The summed E-state index contributed by atoms with van der Waals surface area (Å²) >= 11 is 0. The third-order valence-electron chi connectivity index (χ3n) is 4.63. The summed E-state index contributed by atoms with van der Waals surface area (Å²) in [5.74, 6) is -0.659. The zero-order chi connectivity index (χ0) is 15.0. The maximum absolute atomic E-state index is 11.7. The number of ether oxygens (including phenoxy) is 1. The second-order valence-electron chi connectivity index (χ2n) is 5.73. The Hall–Kier alpha value is -1.95. The zero-order valence-corrected chi connectivity index (χ0v) is 11.9. The molecule has 0 atom stereocenters. The Bertz CT molecular complexity index is 567. The van der Waals surface area contributed by atoms with Crippen LogP contribution in [0.1, 0.15) is 41.6 Å². The molecule has 0 radical (unpaired) electrons. The van der Waals surface area contributed by atoms with E-state index < -0.39 is 10.9 Å². The lowest BCUT2D eigenvalue weighted by atomic mass is 10.0. The molecule has 1 aromatic rings. The first kappa shape index (κ1) is 14.0. The smallest absolute Gasteiger partial charge is 0.344 e. The normalized spacial score (nSPS) is 24.2. The van der Waals surface area contributed by atoms with E-state index in [-0.39, 0.29) is 11.3 Å². The molecule has 2 saturated heterocycles. The fourth-order valence-corrected chi connectivity index (χ4v) is 3.60. The highest BCUT2D eigenvalue weighted by Gasteiger charge is 2.39. The summed E-state index contributed by atoms with van der Waals surface area (Å²) in [7, 11) is 1.24. The van der Waals surface area contributed by atoms with Crippen molar-refractivity contribution < 1.29 is 14.5 Å². The van der Waals surface area contributed by atoms with Gasteiger partial charge in [0.25, 0.3) is 5.69 Å². The molecule has 2 aliphatic rings. The maximum atomic E-state index is 11.7. The van der Waals surface area contributed by atoms with Crippen LogP contribution in [-0.2, 0) is 11.3 Å². The monoisotopic (exact) mass is 290 g/mol. The van der Waals surface area contributed by atoms with Crippen molar-refractivity contribution in [3.63, 3.8) is 0 Å². The first-order valence-corrected chi connectivity index (χ1v) is 7.21. The van der Waals surface area contributed by atoms with Gasteiger partial charge in [-0.3, -0.25) is 15.0 Å². The highest BCUT2D eigenvalue weighted by molar-refractivity contribution is 5.94. The number of fused-ring (bicyclic) bond motifs is 2. The topological polar surface area (TPSA) is 72.7 Å². The molecule has 0 aliphatic carbocycles. The average molecular weight is 290 g/mol. The van der Waals surface area contributed by atoms with Gasteiger partial charge in [0.05, 0.1) is 12.0 Å². The van der Waals surface area contributed by atoms with Crippen LogP contribution in [0.15, 0.2) is 18.2 Å². The molecule has 2 bridgehead atoms. The van der Waals surface area contributed by atoms with Gasteiger partial charge in [-0.25, -0.2) is 4.79 Å². The SMILES string of the molecule is COC(=O)c1cc(CN2C3CCC2CC3)ccc1[N+](=O)[O-]. The first-order valence-electron chi connectivity index (χ1n) is 7.21. The molecule has 1 aromatic carbocycles. The molecular formula is C15H18N2O4. The summed E-state index contributed by atoms with van der Waals surface area (Å²) < 4.78 is 4.65. The van der Waals surface area contributed by atoms with Crippen LogP contribution in [0.2, 0.25) is 0 Å². The van der Waals surface area contributed by atoms with Gasteiger partial charge < -0.3 is 4.74 Å². The van der Waals surface area contributed by atoms with Crippen LogP contribution >= 0.6 is 0 Å². The Morgan fingerprint density at radius 1 is 1.33 bits per heavy atom. The maximum Gasteiger partial charge on any atom is 0.344 e. The Morgan fingerprint density at radius 3 is 2.48 bits per heavy atom. The van der Waals surface area contributed by atoms with Crippen molar-refractivity contribution in [3.8, 4) is 0 Å². The van der Waals surface area contributed by atoms with Crippen molar-refractivity contribution in [2.75, 3.05) is 7.11 Å². The molecule has 21 heavy (non-hydrogen) atoms. The minimum atomic E-state index is -0.659. The second-order valence-corrected chi connectivity index (χ2v) is 5.73. The van der Waals surface area contributed by atoms with Crippen molar-refractivity contribution in [3.05, 3.63) is 39.4 Å². The third kappa shape index (κ3) is 2.51. The summed E-state index contributed by atoms with van der Waals surface area (Å²) in [5, 5.41) is 11.0. The Balaban J connectivity index is 1.86. The molecular weight excluding hydrogens is 272 g/mol. The lowest BCUT2D eigenvalue weighted by molar-refractivity contribution is -0.385. The number of carbonyl (C=O) groups excluding carboxylic acids is 1. The van der Waals surface area contributed by atoms with Crippen LogP contribution in [0.3, 0.4) is 0 Å². The van der Waals surface area contributed by atoms with E-state index in [2.05, 4.69) is 9.64 Å². The largest absolute Gasteiger partial charge is 0.465 e. The summed E-state index contributed by atoms with van der Waals surface area (Å²) in [6, 6.07) is 6.00. The van der Waals surface area contributed by atoms with Crippen LogP contribution in [-0.4, -0.2) is 35.0 Å². The number of hydrogen-bond acceptors (Lipinski definition) is 5. The fourth-order valence-electron chi connectivity index (χ4n) is 3.60. The molecule has 0 N–H and O–H groups in total. The molecule has 0 spiro atoms. The Labute approximate surface area is 122 Å². The van der Waals surface area contributed by atoms with Gasteiger partial charge in [-0.2, -0.15) is 0 Å². The molecule has 0 saturated carbocycles. The highest BCUT2D eigenvalue weighted by Crippen LogP contribution is 2.38. The molecule has 6 heteroatoms. The molecule has 2 heterocycles. The van der Waals surface area contributed by atoms with E-state index >= 15 is 0 Å². The number of esters is 1. The van der Waals surface area contributed by atoms with Gasteiger partial charge in [-0.05, 0) is 37.3 Å². The van der Waals surface area contributed by atoms with Gasteiger partial charge in [0.15, 0.2) is 0 Å². The van der Waals surface area contributed by atoms with Gasteiger partial charge in [-0.1, -0.05) is 6.07 Å². The summed E-state index contributed by atoms with van der Waals surface area (Å²) in [6.07, 6.45) is 4.95. The van der Waals surface area contributed by atoms with E-state index in [1.54, 1.807) is 12.1 Å². The molecule has 2 aliphatic heterocycles. The lowest BCUT2D eigenvalue weighted by Crippen LogP contribution is -2.27. The van der Waals surface area contributed by atoms with Gasteiger partial charge in [-0.15, -0.1) is 0 Å². The second kappa shape index (κ2) is 5.44. The van der Waals surface area contributed by atoms with Crippen LogP contribution < -0.4 is 0 Å². The minimum Gasteiger partial charge on any atom is -0.465 e. The van der Waals surface area contributed by atoms with E-state index in [0.717, 1.165) is 12.1 Å². The van der Waals surface area contributed by atoms with Crippen molar-refractivity contribution in [2.45, 2.75) is 44.3 Å². The van der Waals surface area contributed by atoms with Crippen molar-refractivity contribution in [1.29, 1.82) is 0 Å². The summed E-state index contributed by atoms with van der Waals surface area (Å²) in [5.41, 5.74) is 0.765. The van der Waals surface area contributed by atoms with E-state index in [4.69, 9.17) is 0 Å². The zero-order valence-electron chi connectivity index (χ0n) is 11.9. The van der Waals surface area contributed by atoms with Crippen LogP contribution in [0.4, 0.5) is 5.69 Å². The average Bonchev–Trinajstić information content (AvgIpc) is 3.05. The van der Waals surface area contributed by atoms with Gasteiger partial charge in [0.1, 0.15) is 5.56 Å². The molecule has 2 fully saturated rings. The molecule has 0 unspecified atom stereocenters. The third-order valence-corrected chi connectivity index (χ3v) is 4.63. The number of carbonyl (C=O) groups is 1. The van der Waals surface area contributed by atoms with Crippen LogP contribution in [0.5, 0.6) is 0 Å². The molecule has 6 nitrogen and oxygen atoms in total.